The predicted molar refractivity (Wildman–Crippen MR) is 146 cm³/mol. The zero-order valence-corrected chi connectivity index (χ0v) is 21.4. The fourth-order valence-corrected chi connectivity index (χ4v) is 4.40. The zero-order valence-electron chi connectivity index (χ0n) is 20.6. The number of halogens is 2. The summed E-state index contributed by atoms with van der Waals surface area (Å²) in [6.45, 7) is 0.927. The molecule has 2 N–H and O–H groups in total. The van der Waals surface area contributed by atoms with Crippen LogP contribution in [0.2, 0.25) is 5.02 Å². The van der Waals surface area contributed by atoms with Crippen LogP contribution in [0.15, 0.2) is 85.5 Å². The van der Waals surface area contributed by atoms with Gasteiger partial charge in [0.05, 0.1) is 29.8 Å². The number of nitrogens with one attached hydrogen (secondary N) is 1. The third-order valence-electron chi connectivity index (χ3n) is 5.98. The van der Waals surface area contributed by atoms with Gasteiger partial charge in [-0.05, 0) is 65.2 Å². The molecule has 9 heteroatoms. The molecule has 0 aliphatic carbocycles. The topological polar surface area (TPSA) is 81.4 Å². The van der Waals surface area contributed by atoms with Crippen LogP contribution in [0.4, 0.5) is 15.9 Å². The average Bonchev–Trinajstić information content (AvgIpc) is 3.37. The molecule has 0 amide bonds. The lowest BCUT2D eigenvalue weighted by Crippen LogP contribution is -2.20. The first-order chi connectivity index (χ1) is 18.5. The highest BCUT2D eigenvalue weighted by molar-refractivity contribution is 6.32. The molecular formula is C29H26ClFN4O3. The largest absolute Gasteiger partial charge is 0.487 e. The number of benzene rings is 3. The number of nitrogens with zero attached hydrogens (tertiary/aromatic N) is 3. The smallest absolute Gasteiger partial charge is 0.141 e. The molecule has 0 bridgehead atoms. The Kier molecular flexibility index (Phi) is 7.83. The van der Waals surface area contributed by atoms with Gasteiger partial charge in [-0.15, -0.1) is 0 Å². The van der Waals surface area contributed by atoms with Crippen molar-refractivity contribution in [3.05, 3.63) is 102 Å². The van der Waals surface area contributed by atoms with E-state index in [0.717, 1.165) is 27.7 Å². The van der Waals surface area contributed by atoms with E-state index in [1.54, 1.807) is 31.4 Å². The Bertz CT molecular complexity index is 1560. The Labute approximate surface area is 224 Å². The van der Waals surface area contributed by atoms with Crippen molar-refractivity contribution in [3.63, 3.8) is 0 Å². The van der Waals surface area contributed by atoms with Crippen molar-refractivity contribution in [2.75, 3.05) is 19.0 Å². The highest BCUT2D eigenvalue weighted by Gasteiger charge is 2.11. The molecule has 0 aliphatic rings. The molecule has 7 nitrogen and oxygen atoms in total. The Balaban J connectivity index is 1.34. The van der Waals surface area contributed by atoms with Gasteiger partial charge in [-0.25, -0.2) is 14.4 Å². The van der Waals surface area contributed by atoms with Crippen molar-refractivity contribution in [2.24, 2.45) is 0 Å². The van der Waals surface area contributed by atoms with E-state index in [9.17, 15) is 9.50 Å². The Morgan fingerprint density at radius 3 is 2.76 bits per heavy atom. The van der Waals surface area contributed by atoms with Crippen LogP contribution in [-0.4, -0.2) is 39.5 Å². The van der Waals surface area contributed by atoms with E-state index in [4.69, 9.17) is 21.1 Å². The molecule has 0 spiro atoms. The molecule has 1 atom stereocenters. The maximum atomic E-state index is 13.4. The fraction of sp³-hybridized carbons (Fsp3) is 0.172. The number of hydrogen-bond acceptors (Lipinski definition) is 6. The lowest BCUT2D eigenvalue weighted by Gasteiger charge is -2.12. The van der Waals surface area contributed by atoms with Gasteiger partial charge in [0.2, 0.25) is 0 Å². The molecule has 38 heavy (non-hydrogen) atoms. The molecule has 0 aliphatic heterocycles. The van der Waals surface area contributed by atoms with Gasteiger partial charge in [0.1, 0.15) is 30.3 Å². The van der Waals surface area contributed by atoms with Crippen molar-refractivity contribution in [3.8, 4) is 16.9 Å². The SMILES string of the molecule is COC[C@H](O)Cn1ccc(-c2ccc3ncnc(Nc4ccc(OCc5cccc(F)c5)c(Cl)c4)c3c2)c1. The third kappa shape index (κ3) is 6.11. The van der Waals surface area contributed by atoms with Crippen molar-refractivity contribution >= 4 is 34.0 Å². The van der Waals surface area contributed by atoms with Crippen LogP contribution in [0.1, 0.15) is 5.56 Å². The summed E-state index contributed by atoms with van der Waals surface area (Å²) in [6.07, 6.45) is 4.85. The second-order valence-corrected chi connectivity index (χ2v) is 9.26. The molecule has 2 aromatic heterocycles. The van der Waals surface area contributed by atoms with Gasteiger partial charge in [-0.1, -0.05) is 29.8 Å². The minimum atomic E-state index is -0.578. The monoisotopic (exact) mass is 532 g/mol. The van der Waals surface area contributed by atoms with Crippen LogP contribution in [0.25, 0.3) is 22.0 Å². The molecule has 0 unspecified atom stereocenters. The first-order valence-electron chi connectivity index (χ1n) is 12.0. The van der Waals surface area contributed by atoms with Crippen LogP contribution in [0.3, 0.4) is 0 Å². The molecule has 2 heterocycles. The number of aromatic nitrogens is 3. The standard InChI is InChI=1S/C29H26ClFN4O3/c1-37-17-24(36)15-35-10-9-21(14-35)20-5-7-27-25(12-20)29(33-18-32-27)34-23-6-8-28(26(30)13-23)38-16-19-3-2-4-22(31)11-19/h2-14,18,24,36H,15-17H2,1H3,(H,32,33,34)/t24-/m1/s1. The van der Waals surface area contributed by atoms with Gasteiger partial charge < -0.3 is 24.5 Å². The first-order valence-corrected chi connectivity index (χ1v) is 12.4. The maximum Gasteiger partial charge on any atom is 0.141 e. The van der Waals surface area contributed by atoms with Gasteiger partial charge >= 0.3 is 0 Å². The lowest BCUT2D eigenvalue weighted by atomic mass is 10.1. The molecule has 0 saturated heterocycles. The van der Waals surface area contributed by atoms with Crippen LogP contribution >= 0.6 is 11.6 Å². The Morgan fingerprint density at radius 2 is 1.95 bits per heavy atom. The van der Waals surface area contributed by atoms with Crippen LogP contribution in [-0.2, 0) is 17.9 Å². The third-order valence-corrected chi connectivity index (χ3v) is 6.27. The summed E-state index contributed by atoms with van der Waals surface area (Å²) < 4.78 is 26.2. The van der Waals surface area contributed by atoms with E-state index in [-0.39, 0.29) is 19.0 Å². The van der Waals surface area contributed by atoms with Crippen LogP contribution in [0, 0.1) is 5.82 Å². The summed E-state index contributed by atoms with van der Waals surface area (Å²) in [6, 6.07) is 19.6. The Morgan fingerprint density at radius 1 is 1.05 bits per heavy atom. The fourth-order valence-electron chi connectivity index (χ4n) is 4.17. The van der Waals surface area contributed by atoms with Crippen molar-refractivity contribution in [1.29, 1.82) is 0 Å². The highest BCUT2D eigenvalue weighted by atomic mass is 35.5. The molecule has 3 aromatic carbocycles. The minimum absolute atomic E-state index is 0.205. The molecule has 0 saturated carbocycles. The number of methoxy groups -OCH3 is 1. The molecule has 0 radical (unpaired) electrons. The average molecular weight is 533 g/mol. The van der Waals surface area contributed by atoms with Gasteiger partial charge in [-0.2, -0.15) is 0 Å². The number of ether oxygens (including phenoxy) is 2. The summed E-state index contributed by atoms with van der Waals surface area (Å²) >= 11 is 6.47. The molecule has 5 rings (SSSR count). The van der Waals surface area contributed by atoms with Gasteiger partial charge in [-0.3, -0.25) is 0 Å². The second-order valence-electron chi connectivity index (χ2n) is 8.85. The number of rotatable bonds is 10. The number of anilines is 2. The number of fused-ring (bicyclic) bond motifs is 1. The lowest BCUT2D eigenvalue weighted by molar-refractivity contribution is 0.0538. The highest BCUT2D eigenvalue weighted by Crippen LogP contribution is 2.32. The van der Waals surface area contributed by atoms with Gasteiger partial charge in [0.15, 0.2) is 0 Å². The normalized spacial score (nSPS) is 12.0. The summed E-state index contributed by atoms with van der Waals surface area (Å²) in [4.78, 5) is 8.85. The summed E-state index contributed by atoms with van der Waals surface area (Å²) in [7, 11) is 1.57. The second kappa shape index (κ2) is 11.6. The summed E-state index contributed by atoms with van der Waals surface area (Å²) in [5.74, 6) is 0.822. The molecular weight excluding hydrogens is 507 g/mol. The molecule has 0 fully saturated rings. The molecule has 194 valence electrons. The number of aliphatic hydroxyl groups is 1. The van der Waals surface area contributed by atoms with E-state index in [0.29, 0.717) is 28.7 Å². The van der Waals surface area contributed by atoms with Gasteiger partial charge in [0, 0.05) is 30.6 Å². The summed E-state index contributed by atoms with van der Waals surface area (Å²) in [5.41, 5.74) is 4.25. The predicted octanol–water partition coefficient (Wildman–Crippen LogP) is 6.22. The zero-order chi connectivity index (χ0) is 26.5. The van der Waals surface area contributed by atoms with Crippen molar-refractivity contribution < 1.29 is 19.0 Å². The van der Waals surface area contributed by atoms with Crippen LogP contribution in [0.5, 0.6) is 5.75 Å². The summed E-state index contributed by atoms with van der Waals surface area (Å²) in [5, 5.41) is 14.6. The van der Waals surface area contributed by atoms with E-state index < -0.39 is 6.10 Å². The van der Waals surface area contributed by atoms with E-state index >= 15 is 0 Å². The van der Waals surface area contributed by atoms with Crippen molar-refractivity contribution in [2.45, 2.75) is 19.3 Å². The Hall–Kier alpha value is -3.98. The molecule has 5 aromatic rings. The number of aliphatic hydroxyl groups excluding tert-OH is 1. The quantitative estimate of drug-likeness (QED) is 0.222. The van der Waals surface area contributed by atoms with Crippen LogP contribution < -0.4 is 10.1 Å². The first kappa shape index (κ1) is 25.7. The van der Waals surface area contributed by atoms with Crippen molar-refractivity contribution in [1.82, 2.24) is 14.5 Å². The maximum absolute atomic E-state index is 13.4. The van der Waals surface area contributed by atoms with E-state index in [1.807, 2.05) is 47.3 Å². The van der Waals surface area contributed by atoms with Gasteiger partial charge in [0.25, 0.3) is 0 Å². The minimum Gasteiger partial charge on any atom is -0.487 e. The van der Waals surface area contributed by atoms with E-state index in [2.05, 4.69) is 15.3 Å². The van der Waals surface area contributed by atoms with E-state index in [1.165, 1.54) is 18.5 Å². The number of hydrogen-bond donors (Lipinski definition) is 2.